The van der Waals surface area contributed by atoms with Crippen LogP contribution in [0.3, 0.4) is 0 Å². The summed E-state index contributed by atoms with van der Waals surface area (Å²) in [6, 6.07) is 26.0. The van der Waals surface area contributed by atoms with Gasteiger partial charge in [-0.1, -0.05) is 97.1 Å². The molecule has 0 amide bonds. The van der Waals surface area contributed by atoms with Crippen molar-refractivity contribution in [1.82, 2.24) is 0 Å². The number of anilines is 1. The molecule has 5 heteroatoms. The van der Waals surface area contributed by atoms with Crippen LogP contribution in [0.25, 0.3) is 6.08 Å². The summed E-state index contributed by atoms with van der Waals surface area (Å²) >= 11 is 0. The molecule has 3 atom stereocenters. The summed E-state index contributed by atoms with van der Waals surface area (Å²) in [7, 11) is 0. The van der Waals surface area contributed by atoms with Crippen molar-refractivity contribution in [2.75, 3.05) is 4.90 Å². The molecular formula is C34H24FNO3. The number of nitrogens with zero attached hydrogens (tertiary/aromatic N) is 1. The second kappa shape index (κ2) is 8.43. The molecule has 0 aromatic heterocycles. The first-order valence-corrected chi connectivity index (χ1v) is 13.0. The van der Waals surface area contributed by atoms with Gasteiger partial charge in [0.05, 0.1) is 6.04 Å². The van der Waals surface area contributed by atoms with Crippen molar-refractivity contribution in [3.05, 3.63) is 142 Å². The van der Waals surface area contributed by atoms with Gasteiger partial charge in [-0.3, -0.25) is 14.4 Å². The Bertz CT molecular complexity index is 1690. The number of carbonyl (C=O) groups is 3. The van der Waals surface area contributed by atoms with Gasteiger partial charge in [0.15, 0.2) is 17.3 Å². The van der Waals surface area contributed by atoms with Gasteiger partial charge in [-0.25, -0.2) is 4.39 Å². The van der Waals surface area contributed by atoms with E-state index >= 15 is 4.39 Å². The zero-order valence-corrected chi connectivity index (χ0v) is 21.2. The predicted octanol–water partition coefficient (Wildman–Crippen LogP) is 6.45. The number of halogens is 1. The molecule has 1 aliphatic carbocycles. The Morgan fingerprint density at radius 3 is 2.15 bits per heavy atom. The molecular weight excluding hydrogens is 489 g/mol. The van der Waals surface area contributed by atoms with Crippen molar-refractivity contribution in [1.29, 1.82) is 0 Å². The number of fused-ring (bicyclic) bond motifs is 5. The lowest BCUT2D eigenvalue weighted by Gasteiger charge is -2.37. The minimum Gasteiger partial charge on any atom is -0.352 e. The van der Waals surface area contributed by atoms with Crippen molar-refractivity contribution in [3.8, 4) is 0 Å². The largest absolute Gasteiger partial charge is 0.352 e. The summed E-state index contributed by atoms with van der Waals surface area (Å²) < 4.78 is 15.8. The smallest absolute Gasteiger partial charge is 0.185 e. The first-order chi connectivity index (χ1) is 18.9. The summed E-state index contributed by atoms with van der Waals surface area (Å²) in [5.74, 6) is -2.59. The van der Waals surface area contributed by atoms with Crippen LogP contribution in [0.1, 0.15) is 53.7 Å². The molecule has 39 heavy (non-hydrogen) atoms. The summed E-state index contributed by atoms with van der Waals surface area (Å²) in [5, 5.41) is 0. The molecule has 190 valence electrons. The first kappa shape index (κ1) is 23.5. The van der Waals surface area contributed by atoms with Crippen molar-refractivity contribution < 1.29 is 18.8 Å². The van der Waals surface area contributed by atoms with Crippen LogP contribution < -0.4 is 4.90 Å². The first-order valence-electron chi connectivity index (χ1n) is 13.0. The van der Waals surface area contributed by atoms with Crippen molar-refractivity contribution in [2.24, 2.45) is 5.41 Å². The summed E-state index contributed by atoms with van der Waals surface area (Å²) in [5.41, 5.74) is 2.18. The highest BCUT2D eigenvalue weighted by Crippen LogP contribution is 2.61. The number of aryl methyl sites for hydroxylation is 1. The number of ketones is 3. The highest BCUT2D eigenvalue weighted by molar-refractivity contribution is 6.32. The van der Waals surface area contributed by atoms with Gasteiger partial charge >= 0.3 is 0 Å². The third-order valence-electron chi connectivity index (χ3n) is 8.53. The van der Waals surface area contributed by atoms with Gasteiger partial charge in [0.1, 0.15) is 17.3 Å². The van der Waals surface area contributed by atoms with Gasteiger partial charge < -0.3 is 4.90 Å². The minimum absolute atomic E-state index is 0.193. The maximum Gasteiger partial charge on any atom is 0.185 e. The zero-order chi connectivity index (χ0) is 26.9. The molecule has 2 heterocycles. The summed E-state index contributed by atoms with van der Waals surface area (Å²) in [4.78, 5) is 45.5. The molecule has 3 aliphatic rings. The van der Waals surface area contributed by atoms with Crippen LogP contribution in [-0.4, -0.2) is 29.4 Å². The van der Waals surface area contributed by atoms with Crippen LogP contribution in [-0.2, 0) is 0 Å². The molecule has 0 unspecified atom stereocenters. The third kappa shape index (κ3) is 3.07. The van der Waals surface area contributed by atoms with E-state index in [0.29, 0.717) is 16.7 Å². The van der Waals surface area contributed by atoms with Crippen LogP contribution >= 0.6 is 0 Å². The van der Waals surface area contributed by atoms with E-state index < -0.39 is 29.2 Å². The fourth-order valence-electron chi connectivity index (χ4n) is 6.92. The normalized spacial score (nSPS) is 22.1. The molecule has 1 spiro atoms. The highest BCUT2D eigenvalue weighted by atomic mass is 19.1. The molecule has 0 radical (unpaired) electrons. The van der Waals surface area contributed by atoms with Crippen LogP contribution in [0.2, 0.25) is 0 Å². The molecule has 4 nitrogen and oxygen atoms in total. The second-order valence-electron chi connectivity index (χ2n) is 10.5. The quantitative estimate of drug-likeness (QED) is 0.233. The Morgan fingerprint density at radius 1 is 0.821 bits per heavy atom. The van der Waals surface area contributed by atoms with Gasteiger partial charge in [0.2, 0.25) is 0 Å². The highest BCUT2D eigenvalue weighted by Gasteiger charge is 2.71. The number of hydrogen-bond acceptors (Lipinski definition) is 4. The zero-order valence-electron chi connectivity index (χ0n) is 21.2. The van der Waals surface area contributed by atoms with Gasteiger partial charge in [0.25, 0.3) is 0 Å². The van der Waals surface area contributed by atoms with Gasteiger partial charge in [-0.2, -0.15) is 0 Å². The third-order valence-corrected chi connectivity index (χ3v) is 8.53. The van der Waals surface area contributed by atoms with Crippen molar-refractivity contribution >= 4 is 29.1 Å². The Labute approximate surface area is 225 Å². The predicted molar refractivity (Wildman–Crippen MR) is 148 cm³/mol. The Morgan fingerprint density at radius 2 is 1.46 bits per heavy atom. The van der Waals surface area contributed by atoms with E-state index in [1.165, 1.54) is 6.07 Å². The molecule has 1 fully saturated rings. The van der Waals surface area contributed by atoms with Crippen LogP contribution in [0, 0.1) is 18.2 Å². The number of rotatable bonds is 3. The maximum absolute atomic E-state index is 15.8. The molecule has 4 aromatic carbocycles. The summed E-state index contributed by atoms with van der Waals surface area (Å²) in [6.07, 6.45) is 3.76. The molecule has 2 aliphatic heterocycles. The lowest BCUT2D eigenvalue weighted by molar-refractivity contribution is 0.0664. The minimum atomic E-state index is -1.71. The maximum atomic E-state index is 15.8. The van der Waals surface area contributed by atoms with Crippen molar-refractivity contribution in [3.63, 3.8) is 0 Å². The van der Waals surface area contributed by atoms with E-state index in [9.17, 15) is 14.4 Å². The molecule has 7 rings (SSSR count). The van der Waals surface area contributed by atoms with Gasteiger partial charge in [0, 0.05) is 28.3 Å². The van der Waals surface area contributed by atoms with Gasteiger partial charge in [-0.15, -0.1) is 0 Å². The van der Waals surface area contributed by atoms with E-state index in [1.807, 2.05) is 48.2 Å². The lowest BCUT2D eigenvalue weighted by Crippen LogP contribution is -2.48. The SMILES string of the molecule is Cc1ccc2c(c1)N1[C@H](C(=O)c3ccccc3)[C@H](c3ccccc3F)C3(C(=O)c4ccccc4C3=O)[C@H]1C=C2. The molecule has 1 saturated heterocycles. The fourth-order valence-corrected chi connectivity index (χ4v) is 6.92. The number of benzene rings is 4. The van der Waals surface area contributed by atoms with Gasteiger partial charge in [-0.05, 0) is 35.7 Å². The average molecular weight is 514 g/mol. The standard InChI is InChI=1S/C34H24FNO3/c1-20-15-16-21-17-18-28-34(32(38)23-11-5-6-12-24(23)33(34)39)29(25-13-7-8-14-26(25)35)30(36(28)27(21)19-20)31(37)22-9-3-2-4-10-22/h2-19,28-30H,1H3/t28-,29+,30+/m1/s1. The molecule has 0 saturated carbocycles. The van der Waals surface area contributed by atoms with Crippen LogP contribution in [0.5, 0.6) is 0 Å². The van der Waals surface area contributed by atoms with E-state index in [0.717, 1.165) is 16.8 Å². The fraction of sp³-hybridized carbons (Fsp3) is 0.147. The van der Waals surface area contributed by atoms with Crippen molar-refractivity contribution in [2.45, 2.75) is 24.9 Å². The molecule has 0 N–H and O–H groups in total. The number of hydrogen-bond donors (Lipinski definition) is 0. The summed E-state index contributed by atoms with van der Waals surface area (Å²) in [6.45, 7) is 1.96. The molecule has 4 aromatic rings. The lowest BCUT2D eigenvalue weighted by atomic mass is 9.64. The van der Waals surface area contributed by atoms with E-state index in [4.69, 9.17) is 0 Å². The van der Waals surface area contributed by atoms with Crippen LogP contribution in [0.15, 0.2) is 103 Å². The van der Waals surface area contributed by atoms with E-state index in [-0.39, 0.29) is 22.9 Å². The number of carbonyl (C=O) groups excluding carboxylic acids is 3. The Balaban J connectivity index is 1.58. The Kier molecular flexibility index (Phi) is 5.08. The second-order valence-corrected chi connectivity index (χ2v) is 10.5. The number of Topliss-reactive ketones (excluding diaryl/α,β-unsaturated/α-hetero) is 3. The molecule has 0 bridgehead atoms. The topological polar surface area (TPSA) is 54.5 Å². The van der Waals surface area contributed by atoms with Crippen LogP contribution in [0.4, 0.5) is 10.1 Å². The monoisotopic (exact) mass is 513 g/mol. The van der Waals surface area contributed by atoms with E-state index in [2.05, 4.69) is 0 Å². The van der Waals surface area contributed by atoms with E-state index in [1.54, 1.807) is 66.7 Å². The average Bonchev–Trinajstić information content (AvgIpc) is 3.39. The Hall–Kier alpha value is -4.64.